The number of hydrogen-bond donors (Lipinski definition) is 2. The minimum atomic E-state index is -1.21. The van der Waals surface area contributed by atoms with E-state index >= 15 is 0 Å². The number of aromatic nitrogens is 1. The quantitative estimate of drug-likeness (QED) is 0.270. The first kappa shape index (κ1) is 29.9. The minimum absolute atomic E-state index is 0.108. The Morgan fingerprint density at radius 3 is 2.46 bits per heavy atom. The van der Waals surface area contributed by atoms with Crippen LogP contribution in [0.1, 0.15) is 95.3 Å². The van der Waals surface area contributed by atoms with Gasteiger partial charge in [0.2, 0.25) is 5.79 Å². The van der Waals surface area contributed by atoms with E-state index in [4.69, 9.17) is 18.9 Å². The number of hydrogen-bond acceptors (Lipinski definition) is 7. The maximum Gasteiger partial charge on any atom is 0.252 e. The molecule has 1 aromatic carbocycles. The predicted octanol–water partition coefficient (Wildman–Crippen LogP) is 5.51. The molecule has 1 aromatic heterocycles. The second-order valence-corrected chi connectivity index (χ2v) is 11.4. The van der Waals surface area contributed by atoms with Gasteiger partial charge in [-0.15, -0.1) is 0 Å². The molecule has 8 heteroatoms. The predicted molar refractivity (Wildman–Crippen MR) is 150 cm³/mol. The van der Waals surface area contributed by atoms with E-state index in [1.807, 2.05) is 24.3 Å². The molecule has 0 saturated carbocycles. The van der Waals surface area contributed by atoms with Crippen molar-refractivity contribution in [2.45, 2.75) is 115 Å². The van der Waals surface area contributed by atoms with Gasteiger partial charge in [-0.05, 0) is 32.4 Å². The standard InChI is InChI=1S/C31H46N2O6/c1-4-5-6-7-8-9-10-11-12-15-18-36-22-31-28(38-30(2,3)39-31)27(34)26(37-31)21-33-29(35)24-19-23-16-13-14-17-25(23)32-20-24/h13-14,16-17,19-20,26-28,34H,4-12,15,18,21-22H2,1-3H3,(H,33,35)/t26-,27+,28-,31-/m0/s1. The lowest BCUT2D eigenvalue weighted by Gasteiger charge is -2.28. The molecule has 2 fully saturated rings. The lowest BCUT2D eigenvalue weighted by molar-refractivity contribution is -0.277. The first-order valence-corrected chi connectivity index (χ1v) is 14.8. The molecule has 4 atom stereocenters. The van der Waals surface area contributed by atoms with Crippen LogP contribution in [-0.4, -0.2) is 65.6 Å². The van der Waals surface area contributed by atoms with Gasteiger partial charge in [-0.25, -0.2) is 0 Å². The average Bonchev–Trinajstić information content (AvgIpc) is 3.33. The van der Waals surface area contributed by atoms with Crippen LogP contribution in [0, 0.1) is 0 Å². The van der Waals surface area contributed by atoms with E-state index in [-0.39, 0.29) is 19.1 Å². The Hall–Kier alpha value is -2.10. The number of ether oxygens (including phenoxy) is 4. The minimum Gasteiger partial charge on any atom is -0.387 e. The van der Waals surface area contributed by atoms with Crippen molar-refractivity contribution in [1.82, 2.24) is 10.3 Å². The molecule has 0 radical (unpaired) electrons. The highest BCUT2D eigenvalue weighted by molar-refractivity contribution is 5.97. The lowest BCUT2D eigenvalue weighted by Crippen LogP contribution is -2.45. The summed E-state index contributed by atoms with van der Waals surface area (Å²) < 4.78 is 24.4. The third-order valence-corrected chi connectivity index (χ3v) is 7.57. The second-order valence-electron chi connectivity index (χ2n) is 11.4. The van der Waals surface area contributed by atoms with Crippen LogP contribution < -0.4 is 5.32 Å². The zero-order valence-corrected chi connectivity index (χ0v) is 23.8. The summed E-state index contributed by atoms with van der Waals surface area (Å²) in [4.78, 5) is 17.2. The molecule has 2 N–H and O–H groups in total. The van der Waals surface area contributed by atoms with E-state index in [2.05, 4.69) is 17.2 Å². The van der Waals surface area contributed by atoms with Gasteiger partial charge in [-0.3, -0.25) is 9.78 Å². The van der Waals surface area contributed by atoms with E-state index in [1.54, 1.807) is 26.1 Å². The van der Waals surface area contributed by atoms with Crippen LogP contribution in [0.25, 0.3) is 10.9 Å². The lowest BCUT2D eigenvalue weighted by atomic mass is 10.1. The number of nitrogens with one attached hydrogen (secondary N) is 1. The van der Waals surface area contributed by atoms with Crippen molar-refractivity contribution in [3.05, 3.63) is 42.1 Å². The van der Waals surface area contributed by atoms with Gasteiger partial charge >= 0.3 is 0 Å². The van der Waals surface area contributed by atoms with Gasteiger partial charge in [-0.1, -0.05) is 82.9 Å². The summed E-state index contributed by atoms with van der Waals surface area (Å²) in [5.74, 6) is -2.40. The van der Waals surface area contributed by atoms with E-state index in [0.717, 1.165) is 23.7 Å². The van der Waals surface area contributed by atoms with E-state index in [0.29, 0.717) is 12.2 Å². The van der Waals surface area contributed by atoms with Gasteiger partial charge < -0.3 is 29.4 Å². The number of carbonyl (C=O) groups excluding carboxylic acids is 1. The van der Waals surface area contributed by atoms with Crippen molar-refractivity contribution in [2.24, 2.45) is 0 Å². The fourth-order valence-corrected chi connectivity index (χ4v) is 5.54. The van der Waals surface area contributed by atoms with Crippen molar-refractivity contribution in [2.75, 3.05) is 19.8 Å². The Morgan fingerprint density at radius 1 is 1.03 bits per heavy atom. The molecule has 2 aliphatic heterocycles. The largest absolute Gasteiger partial charge is 0.387 e. The highest BCUT2D eigenvalue weighted by Crippen LogP contribution is 2.45. The normalized spacial score (nSPS) is 25.7. The van der Waals surface area contributed by atoms with Crippen LogP contribution in [0.4, 0.5) is 0 Å². The number of pyridine rings is 1. The summed E-state index contributed by atoms with van der Waals surface area (Å²) in [7, 11) is 0. The van der Waals surface area contributed by atoms with Crippen LogP contribution >= 0.6 is 0 Å². The van der Waals surface area contributed by atoms with Crippen molar-refractivity contribution in [1.29, 1.82) is 0 Å². The molecular weight excluding hydrogens is 496 g/mol. The Balaban J connectivity index is 1.21. The topological polar surface area (TPSA) is 99.1 Å². The molecule has 1 amide bonds. The molecule has 2 aromatic rings. The van der Waals surface area contributed by atoms with Crippen LogP contribution in [0.15, 0.2) is 36.5 Å². The number of carbonyl (C=O) groups is 1. The number of benzene rings is 1. The van der Waals surface area contributed by atoms with E-state index < -0.39 is 29.9 Å². The zero-order chi connectivity index (χ0) is 27.7. The Morgan fingerprint density at radius 2 is 1.72 bits per heavy atom. The number of aliphatic hydroxyl groups excluding tert-OH is 1. The summed E-state index contributed by atoms with van der Waals surface area (Å²) in [5, 5.41) is 14.8. The smallest absolute Gasteiger partial charge is 0.252 e. The van der Waals surface area contributed by atoms with Gasteiger partial charge in [0, 0.05) is 24.7 Å². The maximum atomic E-state index is 12.8. The summed E-state index contributed by atoms with van der Waals surface area (Å²) in [6.07, 6.45) is 11.8. The number of para-hydroxylation sites is 1. The molecule has 2 saturated heterocycles. The van der Waals surface area contributed by atoms with Crippen molar-refractivity contribution in [3.8, 4) is 0 Å². The number of nitrogens with zero attached hydrogens (tertiary/aromatic N) is 1. The Labute approximate surface area is 232 Å². The van der Waals surface area contributed by atoms with E-state index in [9.17, 15) is 9.90 Å². The monoisotopic (exact) mass is 542 g/mol. The van der Waals surface area contributed by atoms with Gasteiger partial charge in [0.15, 0.2) is 5.79 Å². The van der Waals surface area contributed by atoms with Gasteiger partial charge in [0.25, 0.3) is 5.91 Å². The summed E-state index contributed by atoms with van der Waals surface area (Å²) in [6, 6.07) is 9.44. The highest BCUT2D eigenvalue weighted by atomic mass is 16.9. The number of unbranched alkanes of at least 4 members (excludes halogenated alkanes) is 9. The summed E-state index contributed by atoms with van der Waals surface area (Å²) in [5.41, 5.74) is 1.28. The van der Waals surface area contributed by atoms with Crippen LogP contribution in [-0.2, 0) is 18.9 Å². The zero-order valence-electron chi connectivity index (χ0n) is 23.8. The van der Waals surface area contributed by atoms with Crippen LogP contribution in [0.5, 0.6) is 0 Å². The first-order chi connectivity index (χ1) is 18.8. The number of rotatable bonds is 16. The molecule has 0 bridgehead atoms. The van der Waals surface area contributed by atoms with Gasteiger partial charge in [-0.2, -0.15) is 0 Å². The number of fused-ring (bicyclic) bond motifs is 2. The third-order valence-electron chi connectivity index (χ3n) is 7.57. The first-order valence-electron chi connectivity index (χ1n) is 14.8. The van der Waals surface area contributed by atoms with Crippen molar-refractivity contribution < 1.29 is 28.8 Å². The highest BCUT2D eigenvalue weighted by Gasteiger charge is 2.64. The van der Waals surface area contributed by atoms with Crippen LogP contribution in [0.3, 0.4) is 0 Å². The fourth-order valence-electron chi connectivity index (χ4n) is 5.54. The van der Waals surface area contributed by atoms with Crippen molar-refractivity contribution >= 4 is 16.8 Å². The van der Waals surface area contributed by atoms with Crippen LogP contribution in [0.2, 0.25) is 0 Å². The third kappa shape index (κ3) is 7.98. The Kier molecular flexibility index (Phi) is 10.7. The molecule has 39 heavy (non-hydrogen) atoms. The average molecular weight is 543 g/mol. The van der Waals surface area contributed by atoms with Crippen molar-refractivity contribution in [3.63, 3.8) is 0 Å². The molecular formula is C31H46N2O6. The van der Waals surface area contributed by atoms with E-state index in [1.165, 1.54) is 51.4 Å². The maximum absolute atomic E-state index is 12.8. The summed E-state index contributed by atoms with van der Waals surface area (Å²) in [6.45, 7) is 6.72. The SMILES string of the molecule is CCCCCCCCCCCCOC[C@@]12O[C@@H](CNC(=O)c3cnc4ccccc4c3)[C@@H](O)[C@@H]1OC(C)(C)O2. The molecule has 3 heterocycles. The molecule has 2 aliphatic rings. The fraction of sp³-hybridized carbons (Fsp3) is 0.677. The molecule has 8 nitrogen and oxygen atoms in total. The van der Waals surface area contributed by atoms with Gasteiger partial charge in [0.05, 0.1) is 11.1 Å². The number of amides is 1. The molecule has 216 valence electrons. The molecule has 0 spiro atoms. The summed E-state index contributed by atoms with van der Waals surface area (Å²) >= 11 is 0. The molecule has 0 aliphatic carbocycles. The molecule has 0 unspecified atom stereocenters. The second kappa shape index (κ2) is 14.0. The number of aliphatic hydroxyl groups is 1. The van der Waals surface area contributed by atoms with Gasteiger partial charge in [0.1, 0.15) is 24.9 Å². The molecule has 4 rings (SSSR count). The Bertz CT molecular complexity index is 1060.